The summed E-state index contributed by atoms with van der Waals surface area (Å²) < 4.78 is 29.8. The van der Waals surface area contributed by atoms with Crippen molar-refractivity contribution in [1.82, 2.24) is 9.29 Å². The number of hydrogen-bond acceptors (Lipinski definition) is 6. The molecule has 6 nitrogen and oxygen atoms in total. The van der Waals surface area contributed by atoms with Crippen molar-refractivity contribution in [3.05, 3.63) is 100 Å². The van der Waals surface area contributed by atoms with E-state index in [0.717, 1.165) is 50.6 Å². The van der Waals surface area contributed by atoms with E-state index in [-0.39, 0.29) is 23.4 Å². The van der Waals surface area contributed by atoms with Crippen LogP contribution >= 0.6 is 22.7 Å². The standard InChI is InChI=1S/C33H33N3O3S3/c1-21(2)36(20-23-9-5-4-6-10-23)42(38,39)25-16-14-24(15-17-25)31(37)35-33-30(26-18-13-22(3)19-29(26)41-33)32-34-27-11-7-8-12-28(27)40-32/h4-12,14-17,21-22H,13,18-20H2,1-3H3,(H,35,37). The molecule has 1 atom stereocenters. The molecule has 0 bridgehead atoms. The van der Waals surface area contributed by atoms with Crippen LogP contribution in [-0.2, 0) is 29.4 Å². The molecule has 0 aliphatic heterocycles. The lowest BCUT2D eigenvalue weighted by Gasteiger charge is -2.26. The van der Waals surface area contributed by atoms with Crippen molar-refractivity contribution in [3.63, 3.8) is 0 Å². The van der Waals surface area contributed by atoms with Crippen LogP contribution in [0.4, 0.5) is 5.00 Å². The summed E-state index contributed by atoms with van der Waals surface area (Å²) in [5.74, 6) is 0.336. The SMILES string of the molecule is CC1CCc2c(sc(NC(=O)c3ccc(S(=O)(=O)N(Cc4ccccc4)C(C)C)cc3)c2-c2nc3ccccc3s2)C1. The predicted molar refractivity (Wildman–Crippen MR) is 173 cm³/mol. The summed E-state index contributed by atoms with van der Waals surface area (Å²) in [6.45, 7) is 6.28. The van der Waals surface area contributed by atoms with E-state index in [0.29, 0.717) is 11.5 Å². The Hall–Kier alpha value is -3.37. The van der Waals surface area contributed by atoms with E-state index < -0.39 is 10.0 Å². The lowest BCUT2D eigenvalue weighted by molar-refractivity contribution is 0.102. The molecule has 0 saturated heterocycles. The summed E-state index contributed by atoms with van der Waals surface area (Å²) in [7, 11) is -3.77. The minimum Gasteiger partial charge on any atom is -0.313 e. The summed E-state index contributed by atoms with van der Waals surface area (Å²) in [4.78, 5) is 19.9. The Balaban J connectivity index is 1.28. The maximum atomic E-state index is 13.6. The third-order valence-electron chi connectivity index (χ3n) is 7.73. The number of anilines is 1. The van der Waals surface area contributed by atoms with Gasteiger partial charge in [0, 0.05) is 28.6 Å². The first kappa shape index (κ1) is 28.7. The first-order chi connectivity index (χ1) is 20.2. The zero-order chi connectivity index (χ0) is 29.4. The number of carbonyl (C=O) groups excluding carboxylic acids is 1. The zero-order valence-electron chi connectivity index (χ0n) is 23.8. The molecular weight excluding hydrogens is 583 g/mol. The lowest BCUT2D eigenvalue weighted by Crippen LogP contribution is -2.36. The summed E-state index contributed by atoms with van der Waals surface area (Å²) in [6.07, 6.45) is 3.08. The van der Waals surface area contributed by atoms with E-state index in [2.05, 4.69) is 18.3 Å². The van der Waals surface area contributed by atoms with Crippen molar-refractivity contribution in [2.75, 3.05) is 5.32 Å². The van der Waals surface area contributed by atoms with Gasteiger partial charge in [0.15, 0.2) is 0 Å². The number of amides is 1. The average Bonchev–Trinajstić information content (AvgIpc) is 3.56. The number of hydrogen-bond donors (Lipinski definition) is 1. The van der Waals surface area contributed by atoms with Gasteiger partial charge < -0.3 is 5.32 Å². The van der Waals surface area contributed by atoms with E-state index in [9.17, 15) is 13.2 Å². The molecule has 216 valence electrons. The molecule has 5 aromatic rings. The Morgan fingerprint density at radius 3 is 2.43 bits per heavy atom. The minimum absolute atomic E-state index is 0.166. The fourth-order valence-corrected chi connectivity index (χ4v) is 9.58. The van der Waals surface area contributed by atoms with Crippen LogP contribution in [0.5, 0.6) is 0 Å². The molecule has 1 aliphatic carbocycles. The van der Waals surface area contributed by atoms with Crippen LogP contribution in [0.3, 0.4) is 0 Å². The molecule has 1 N–H and O–H groups in total. The van der Waals surface area contributed by atoms with Crippen LogP contribution in [0.1, 0.15) is 53.6 Å². The molecule has 0 saturated carbocycles. The highest BCUT2D eigenvalue weighted by Gasteiger charge is 2.29. The molecule has 2 aromatic heterocycles. The van der Waals surface area contributed by atoms with Crippen LogP contribution in [0, 0.1) is 5.92 Å². The second kappa shape index (κ2) is 11.7. The number of aromatic nitrogens is 1. The maximum absolute atomic E-state index is 13.6. The first-order valence-corrected chi connectivity index (χ1v) is 17.3. The van der Waals surface area contributed by atoms with Gasteiger partial charge in [-0.25, -0.2) is 13.4 Å². The summed E-state index contributed by atoms with van der Waals surface area (Å²) >= 11 is 3.29. The van der Waals surface area contributed by atoms with Gasteiger partial charge in [0.1, 0.15) is 10.0 Å². The zero-order valence-corrected chi connectivity index (χ0v) is 26.3. The number of benzene rings is 3. The van der Waals surface area contributed by atoms with Gasteiger partial charge in [-0.15, -0.1) is 22.7 Å². The molecule has 1 amide bonds. The number of thiazole rings is 1. The molecule has 0 fully saturated rings. The third-order valence-corrected chi connectivity index (χ3v) is 12.0. The molecule has 0 spiro atoms. The van der Waals surface area contributed by atoms with Crippen molar-refractivity contribution >= 4 is 53.8 Å². The van der Waals surface area contributed by atoms with Crippen LogP contribution in [0.15, 0.2) is 83.8 Å². The smallest absolute Gasteiger partial charge is 0.256 e. The van der Waals surface area contributed by atoms with E-state index in [1.54, 1.807) is 34.8 Å². The average molecular weight is 616 g/mol. The van der Waals surface area contributed by atoms with E-state index in [1.807, 2.05) is 62.4 Å². The number of fused-ring (bicyclic) bond motifs is 2. The summed E-state index contributed by atoms with van der Waals surface area (Å²) in [5, 5.41) is 4.89. The number of thiophene rings is 1. The largest absolute Gasteiger partial charge is 0.313 e. The maximum Gasteiger partial charge on any atom is 0.256 e. The number of carbonyl (C=O) groups is 1. The van der Waals surface area contributed by atoms with Crippen LogP contribution < -0.4 is 5.32 Å². The highest BCUT2D eigenvalue weighted by atomic mass is 32.2. The van der Waals surface area contributed by atoms with Gasteiger partial charge in [-0.3, -0.25) is 4.79 Å². The van der Waals surface area contributed by atoms with Crippen molar-refractivity contribution in [2.45, 2.75) is 57.5 Å². The van der Waals surface area contributed by atoms with Gasteiger partial charge in [-0.2, -0.15) is 4.31 Å². The summed E-state index contributed by atoms with van der Waals surface area (Å²) in [5.41, 5.74) is 4.61. The normalized spacial score (nSPS) is 15.3. The Kier molecular flexibility index (Phi) is 8.02. The van der Waals surface area contributed by atoms with Gasteiger partial charge >= 0.3 is 0 Å². The third kappa shape index (κ3) is 5.66. The Morgan fingerprint density at radius 1 is 1.00 bits per heavy atom. The number of nitrogens with one attached hydrogen (secondary N) is 1. The monoisotopic (exact) mass is 615 g/mol. The van der Waals surface area contributed by atoms with Crippen molar-refractivity contribution in [1.29, 1.82) is 0 Å². The summed E-state index contributed by atoms with van der Waals surface area (Å²) in [6, 6.07) is 23.7. The molecule has 42 heavy (non-hydrogen) atoms. The highest BCUT2D eigenvalue weighted by molar-refractivity contribution is 7.89. The van der Waals surface area contributed by atoms with E-state index in [4.69, 9.17) is 4.98 Å². The number of sulfonamides is 1. The Labute approximate surface area is 255 Å². The number of nitrogens with zero attached hydrogens (tertiary/aromatic N) is 2. The molecule has 0 radical (unpaired) electrons. The topological polar surface area (TPSA) is 79.4 Å². The number of rotatable bonds is 8. The van der Waals surface area contributed by atoms with Gasteiger partial charge in [0.25, 0.3) is 5.91 Å². The quantitative estimate of drug-likeness (QED) is 0.192. The second-order valence-corrected chi connectivity index (χ2v) is 15.2. The molecular formula is C33H33N3O3S3. The van der Waals surface area contributed by atoms with E-state index in [1.165, 1.54) is 26.9 Å². The Bertz CT molecular complexity index is 1810. The number of para-hydroxylation sites is 1. The van der Waals surface area contributed by atoms with E-state index >= 15 is 0 Å². The van der Waals surface area contributed by atoms with Gasteiger partial charge in [-0.1, -0.05) is 49.4 Å². The second-order valence-electron chi connectivity index (χ2n) is 11.2. The Morgan fingerprint density at radius 2 is 1.71 bits per heavy atom. The lowest BCUT2D eigenvalue weighted by atomic mass is 9.88. The fraction of sp³-hybridized carbons (Fsp3) is 0.273. The first-order valence-electron chi connectivity index (χ1n) is 14.2. The molecule has 2 heterocycles. The van der Waals surface area contributed by atoms with Crippen molar-refractivity contribution < 1.29 is 13.2 Å². The van der Waals surface area contributed by atoms with Crippen molar-refractivity contribution in [2.24, 2.45) is 5.92 Å². The van der Waals surface area contributed by atoms with Crippen LogP contribution in [0.25, 0.3) is 20.8 Å². The van der Waals surface area contributed by atoms with Gasteiger partial charge in [0.2, 0.25) is 10.0 Å². The van der Waals surface area contributed by atoms with Gasteiger partial charge in [0.05, 0.1) is 15.1 Å². The van der Waals surface area contributed by atoms with Crippen molar-refractivity contribution in [3.8, 4) is 10.6 Å². The fourth-order valence-electron chi connectivity index (χ4n) is 5.44. The highest BCUT2D eigenvalue weighted by Crippen LogP contribution is 2.47. The molecule has 9 heteroatoms. The molecule has 1 unspecified atom stereocenters. The van der Waals surface area contributed by atoms with Crippen LogP contribution in [0.2, 0.25) is 0 Å². The minimum atomic E-state index is -3.77. The van der Waals surface area contributed by atoms with Crippen LogP contribution in [-0.4, -0.2) is 29.7 Å². The molecule has 1 aliphatic rings. The molecule has 6 rings (SSSR count). The predicted octanol–water partition coefficient (Wildman–Crippen LogP) is 8.00. The molecule has 3 aromatic carbocycles. The van der Waals surface area contributed by atoms with Gasteiger partial charge in [-0.05, 0) is 86.6 Å².